The molecular formula is C26H22F4N2O5. The Labute approximate surface area is 209 Å². The van der Waals surface area contributed by atoms with E-state index < -0.39 is 47.8 Å². The molecule has 0 saturated carbocycles. The quantitative estimate of drug-likeness (QED) is 0.467. The van der Waals surface area contributed by atoms with E-state index >= 15 is 0 Å². The van der Waals surface area contributed by atoms with Gasteiger partial charge in [-0.1, -0.05) is 12.1 Å². The lowest BCUT2D eigenvalue weighted by Gasteiger charge is -2.30. The molecular weight excluding hydrogens is 496 g/mol. The lowest BCUT2D eigenvalue weighted by atomic mass is 9.99. The molecule has 7 nitrogen and oxygen atoms in total. The smallest absolute Gasteiger partial charge is 0.419 e. The summed E-state index contributed by atoms with van der Waals surface area (Å²) in [4.78, 5) is 27.9. The first-order valence-corrected chi connectivity index (χ1v) is 11.0. The molecule has 1 heterocycles. The van der Waals surface area contributed by atoms with E-state index in [1.165, 1.54) is 32.4 Å². The van der Waals surface area contributed by atoms with Gasteiger partial charge in [0, 0.05) is 22.9 Å². The molecule has 0 fully saturated rings. The number of anilines is 1. The number of alkyl halides is 3. The molecule has 37 heavy (non-hydrogen) atoms. The van der Waals surface area contributed by atoms with Crippen LogP contribution < -0.4 is 19.5 Å². The molecule has 1 aliphatic heterocycles. The number of nitrogens with zero attached hydrogens (tertiary/aromatic N) is 1. The normalized spacial score (nSPS) is 15.4. The summed E-state index contributed by atoms with van der Waals surface area (Å²) in [5.41, 5.74) is -0.583. The van der Waals surface area contributed by atoms with Crippen molar-refractivity contribution in [2.24, 2.45) is 0 Å². The van der Waals surface area contributed by atoms with E-state index in [9.17, 15) is 27.2 Å². The molecule has 0 radical (unpaired) electrons. The summed E-state index contributed by atoms with van der Waals surface area (Å²) < 4.78 is 70.6. The van der Waals surface area contributed by atoms with Gasteiger partial charge in [-0.05, 0) is 42.5 Å². The Morgan fingerprint density at radius 3 is 2.46 bits per heavy atom. The molecule has 4 rings (SSSR count). The zero-order valence-electron chi connectivity index (χ0n) is 19.8. The van der Waals surface area contributed by atoms with Gasteiger partial charge < -0.3 is 24.4 Å². The number of hydrogen-bond donors (Lipinski definition) is 1. The van der Waals surface area contributed by atoms with Gasteiger partial charge in [-0.15, -0.1) is 0 Å². The monoisotopic (exact) mass is 518 g/mol. The number of carbonyl (C=O) groups excluding carboxylic acids is 2. The number of rotatable bonds is 6. The number of ether oxygens (including phenoxy) is 3. The Balaban J connectivity index is 1.82. The molecule has 0 bridgehead atoms. The van der Waals surface area contributed by atoms with Crippen molar-refractivity contribution in [3.63, 3.8) is 0 Å². The van der Waals surface area contributed by atoms with E-state index in [4.69, 9.17) is 14.2 Å². The molecule has 1 N–H and O–H groups in total. The van der Waals surface area contributed by atoms with E-state index in [2.05, 4.69) is 5.32 Å². The van der Waals surface area contributed by atoms with Gasteiger partial charge in [0.25, 0.3) is 11.8 Å². The number of amides is 2. The van der Waals surface area contributed by atoms with Crippen molar-refractivity contribution in [1.29, 1.82) is 0 Å². The molecule has 1 aliphatic rings. The molecule has 0 saturated heterocycles. The Bertz CT molecular complexity index is 1310. The number of para-hydroxylation sites is 1. The summed E-state index contributed by atoms with van der Waals surface area (Å²) in [6.07, 6.45) is -4.79. The van der Waals surface area contributed by atoms with Crippen LogP contribution in [0.5, 0.6) is 17.2 Å². The summed E-state index contributed by atoms with van der Waals surface area (Å²) in [5, 5.41) is 2.56. The van der Waals surface area contributed by atoms with Crippen molar-refractivity contribution in [3.8, 4) is 17.2 Å². The van der Waals surface area contributed by atoms with E-state index in [-0.39, 0.29) is 17.8 Å². The van der Waals surface area contributed by atoms with Crippen LogP contribution in [0.1, 0.15) is 22.7 Å². The number of halogens is 4. The SMILES string of the molecule is COc1ccc(CN2C(=O)COc3c(cccc3C(F)(F)F)C2C(=O)Nc2ccc(F)cc2)c(OC)c1. The summed E-state index contributed by atoms with van der Waals surface area (Å²) >= 11 is 0. The van der Waals surface area contributed by atoms with Crippen molar-refractivity contribution in [3.05, 3.63) is 83.2 Å². The first kappa shape index (κ1) is 25.8. The van der Waals surface area contributed by atoms with Crippen LogP contribution in [0.4, 0.5) is 23.2 Å². The third-order valence-electron chi connectivity index (χ3n) is 5.81. The molecule has 1 unspecified atom stereocenters. The maximum absolute atomic E-state index is 13.8. The van der Waals surface area contributed by atoms with Gasteiger partial charge in [0.15, 0.2) is 6.61 Å². The number of methoxy groups -OCH3 is 2. The summed E-state index contributed by atoms with van der Waals surface area (Å²) in [7, 11) is 2.88. The fourth-order valence-electron chi connectivity index (χ4n) is 4.06. The van der Waals surface area contributed by atoms with Gasteiger partial charge in [-0.3, -0.25) is 9.59 Å². The highest BCUT2D eigenvalue weighted by Gasteiger charge is 2.42. The maximum atomic E-state index is 13.8. The van der Waals surface area contributed by atoms with Crippen LogP contribution in [0, 0.1) is 5.82 Å². The lowest BCUT2D eigenvalue weighted by Crippen LogP contribution is -2.41. The van der Waals surface area contributed by atoms with E-state index in [1.807, 2.05) is 0 Å². The second kappa shape index (κ2) is 10.4. The topological polar surface area (TPSA) is 77.1 Å². The van der Waals surface area contributed by atoms with Gasteiger partial charge in [0.05, 0.1) is 26.3 Å². The lowest BCUT2D eigenvalue weighted by molar-refractivity contribution is -0.141. The Kier molecular flexibility index (Phi) is 7.23. The van der Waals surface area contributed by atoms with Crippen LogP contribution in [-0.2, 0) is 22.3 Å². The molecule has 0 aliphatic carbocycles. The predicted octanol–water partition coefficient (Wildman–Crippen LogP) is 4.96. The van der Waals surface area contributed by atoms with Gasteiger partial charge in [-0.2, -0.15) is 13.2 Å². The van der Waals surface area contributed by atoms with Crippen LogP contribution in [0.2, 0.25) is 0 Å². The van der Waals surface area contributed by atoms with Crippen LogP contribution in [0.25, 0.3) is 0 Å². The van der Waals surface area contributed by atoms with Crippen molar-refractivity contribution in [2.45, 2.75) is 18.8 Å². The van der Waals surface area contributed by atoms with E-state index in [0.29, 0.717) is 17.1 Å². The molecule has 11 heteroatoms. The number of nitrogens with one attached hydrogen (secondary N) is 1. The first-order chi connectivity index (χ1) is 17.6. The Hall–Kier alpha value is -4.28. The predicted molar refractivity (Wildman–Crippen MR) is 125 cm³/mol. The summed E-state index contributed by atoms with van der Waals surface area (Å²) in [6, 6.07) is 11.4. The first-order valence-electron chi connectivity index (χ1n) is 11.0. The third-order valence-corrected chi connectivity index (χ3v) is 5.81. The second-order valence-corrected chi connectivity index (χ2v) is 8.11. The van der Waals surface area contributed by atoms with E-state index in [1.54, 1.807) is 18.2 Å². The summed E-state index contributed by atoms with van der Waals surface area (Å²) in [6.45, 7) is -0.911. The number of benzene rings is 3. The summed E-state index contributed by atoms with van der Waals surface area (Å²) in [5.74, 6) is -1.84. The fraction of sp³-hybridized carbons (Fsp3) is 0.231. The van der Waals surface area contributed by atoms with E-state index in [0.717, 1.165) is 29.2 Å². The average molecular weight is 518 g/mol. The van der Waals surface area contributed by atoms with Gasteiger partial charge in [-0.25, -0.2) is 4.39 Å². The van der Waals surface area contributed by atoms with Crippen LogP contribution in [0.3, 0.4) is 0 Å². The minimum atomic E-state index is -4.79. The standard InChI is InChI=1S/C26H22F4N2O5/c1-35-18-11-6-15(21(12-18)36-2)13-32-22(33)14-37-24-19(4-3-5-20(24)26(28,29)30)23(32)25(34)31-17-9-7-16(27)8-10-17/h3-12,23H,13-14H2,1-2H3,(H,31,34). The largest absolute Gasteiger partial charge is 0.497 e. The highest BCUT2D eigenvalue weighted by molar-refractivity contribution is 5.99. The van der Waals surface area contributed by atoms with Crippen molar-refractivity contribution >= 4 is 17.5 Å². The molecule has 3 aromatic rings. The number of carbonyl (C=O) groups is 2. The maximum Gasteiger partial charge on any atom is 0.419 e. The zero-order valence-corrected chi connectivity index (χ0v) is 19.8. The van der Waals surface area contributed by atoms with Crippen molar-refractivity contribution in [1.82, 2.24) is 4.90 Å². The Morgan fingerprint density at radius 2 is 1.81 bits per heavy atom. The Morgan fingerprint density at radius 1 is 1.08 bits per heavy atom. The minimum Gasteiger partial charge on any atom is -0.497 e. The molecule has 2 amide bonds. The van der Waals surface area contributed by atoms with Crippen molar-refractivity contribution in [2.75, 3.05) is 26.1 Å². The molecule has 3 aromatic carbocycles. The number of hydrogen-bond acceptors (Lipinski definition) is 5. The molecule has 194 valence electrons. The van der Waals surface area contributed by atoms with Gasteiger partial charge >= 0.3 is 6.18 Å². The fourth-order valence-corrected chi connectivity index (χ4v) is 4.06. The average Bonchev–Trinajstić information content (AvgIpc) is 3.01. The molecule has 0 aromatic heterocycles. The zero-order chi connectivity index (χ0) is 26.7. The van der Waals surface area contributed by atoms with Crippen LogP contribution in [0.15, 0.2) is 60.7 Å². The number of fused-ring (bicyclic) bond motifs is 1. The molecule has 1 atom stereocenters. The van der Waals surface area contributed by atoms with Gasteiger partial charge in [0.2, 0.25) is 0 Å². The second-order valence-electron chi connectivity index (χ2n) is 8.11. The third kappa shape index (κ3) is 5.45. The van der Waals surface area contributed by atoms with Crippen molar-refractivity contribution < 1.29 is 41.4 Å². The minimum absolute atomic E-state index is 0.146. The highest BCUT2D eigenvalue weighted by Crippen LogP contribution is 2.43. The van der Waals surface area contributed by atoms with Crippen LogP contribution >= 0.6 is 0 Å². The van der Waals surface area contributed by atoms with Crippen LogP contribution in [-0.4, -0.2) is 37.5 Å². The molecule has 0 spiro atoms. The highest BCUT2D eigenvalue weighted by atomic mass is 19.4. The van der Waals surface area contributed by atoms with Gasteiger partial charge in [0.1, 0.15) is 29.1 Å².